The van der Waals surface area contributed by atoms with Gasteiger partial charge in [0.05, 0.1) is 11.9 Å². The molecule has 1 fully saturated rings. The van der Waals surface area contributed by atoms with Gasteiger partial charge >= 0.3 is 0 Å². The van der Waals surface area contributed by atoms with E-state index in [1.54, 1.807) is 0 Å². The van der Waals surface area contributed by atoms with Crippen molar-refractivity contribution in [2.45, 2.75) is 25.8 Å². The molecule has 0 amide bonds. The molecule has 0 aliphatic carbocycles. The fraction of sp³-hybridized carbons (Fsp3) is 0.438. The highest BCUT2D eigenvalue weighted by molar-refractivity contribution is 5.59. The summed E-state index contributed by atoms with van der Waals surface area (Å²) in [6, 6.07) is 10.6. The zero-order valence-corrected chi connectivity index (χ0v) is 11.1. The fourth-order valence-electron chi connectivity index (χ4n) is 3.59. The van der Waals surface area contributed by atoms with Gasteiger partial charge in [0.15, 0.2) is 0 Å². The van der Waals surface area contributed by atoms with E-state index < -0.39 is 0 Å². The predicted octanol–water partition coefficient (Wildman–Crippen LogP) is 2.48. The summed E-state index contributed by atoms with van der Waals surface area (Å²) in [6.07, 6.45) is 5.76. The van der Waals surface area contributed by atoms with Crippen molar-refractivity contribution in [1.82, 2.24) is 14.9 Å². The van der Waals surface area contributed by atoms with Crippen LogP contribution >= 0.6 is 0 Å². The first-order chi connectivity index (χ1) is 9.36. The highest BCUT2D eigenvalue weighted by atomic mass is 15.1. The van der Waals surface area contributed by atoms with Crippen molar-refractivity contribution in [2.24, 2.45) is 5.41 Å². The summed E-state index contributed by atoms with van der Waals surface area (Å²) in [6.45, 7) is 3.46. The van der Waals surface area contributed by atoms with E-state index in [0.717, 1.165) is 26.1 Å². The molecule has 2 aliphatic heterocycles. The van der Waals surface area contributed by atoms with Gasteiger partial charge < -0.3 is 9.88 Å². The Hall–Kier alpha value is -1.61. The SMILES string of the molecule is c1ccc(-c2cnc3n2CC2(CCNCC2)C3)cc1. The molecular formula is C16H19N3. The van der Waals surface area contributed by atoms with E-state index in [4.69, 9.17) is 0 Å². The predicted molar refractivity (Wildman–Crippen MR) is 75.9 cm³/mol. The summed E-state index contributed by atoms with van der Waals surface area (Å²) in [7, 11) is 0. The first-order valence-corrected chi connectivity index (χ1v) is 7.17. The minimum atomic E-state index is 0.471. The summed E-state index contributed by atoms with van der Waals surface area (Å²) in [4.78, 5) is 4.67. The lowest BCUT2D eigenvalue weighted by molar-refractivity contribution is 0.199. The number of hydrogen-bond donors (Lipinski definition) is 1. The van der Waals surface area contributed by atoms with Gasteiger partial charge in [-0.2, -0.15) is 0 Å². The molecule has 98 valence electrons. The molecule has 0 atom stereocenters. The van der Waals surface area contributed by atoms with Crippen molar-refractivity contribution in [3.8, 4) is 11.3 Å². The Morgan fingerprint density at radius 2 is 1.89 bits per heavy atom. The van der Waals surface area contributed by atoms with Gasteiger partial charge in [-0.3, -0.25) is 0 Å². The van der Waals surface area contributed by atoms with Crippen LogP contribution in [0.5, 0.6) is 0 Å². The van der Waals surface area contributed by atoms with Gasteiger partial charge in [-0.25, -0.2) is 4.98 Å². The Bertz CT molecular complexity index is 579. The molecule has 2 aromatic rings. The van der Waals surface area contributed by atoms with E-state index in [2.05, 4.69) is 45.2 Å². The van der Waals surface area contributed by atoms with Crippen LogP contribution in [0.4, 0.5) is 0 Å². The van der Waals surface area contributed by atoms with Crippen LogP contribution in [-0.2, 0) is 13.0 Å². The van der Waals surface area contributed by atoms with Gasteiger partial charge in [0, 0.05) is 13.0 Å². The topological polar surface area (TPSA) is 29.9 Å². The molecule has 1 aromatic carbocycles. The van der Waals surface area contributed by atoms with E-state index >= 15 is 0 Å². The molecule has 1 spiro atoms. The van der Waals surface area contributed by atoms with Gasteiger partial charge in [0.1, 0.15) is 5.82 Å². The number of fused-ring (bicyclic) bond motifs is 1. The van der Waals surface area contributed by atoms with Crippen LogP contribution < -0.4 is 5.32 Å². The molecule has 1 saturated heterocycles. The number of benzene rings is 1. The number of imidazole rings is 1. The van der Waals surface area contributed by atoms with Gasteiger partial charge in [0.2, 0.25) is 0 Å². The molecule has 0 saturated carbocycles. The molecule has 3 heterocycles. The molecule has 1 N–H and O–H groups in total. The molecule has 1 aromatic heterocycles. The maximum Gasteiger partial charge on any atom is 0.109 e. The molecule has 0 unspecified atom stereocenters. The summed E-state index contributed by atoms with van der Waals surface area (Å²) < 4.78 is 2.45. The lowest BCUT2D eigenvalue weighted by Crippen LogP contribution is -2.37. The Kier molecular flexibility index (Phi) is 2.49. The van der Waals surface area contributed by atoms with Gasteiger partial charge in [0.25, 0.3) is 0 Å². The summed E-state index contributed by atoms with van der Waals surface area (Å²) in [5, 5.41) is 3.47. The third-order valence-electron chi connectivity index (χ3n) is 4.70. The fourth-order valence-corrected chi connectivity index (χ4v) is 3.59. The third kappa shape index (κ3) is 1.80. The second-order valence-electron chi connectivity index (χ2n) is 5.94. The van der Waals surface area contributed by atoms with Gasteiger partial charge in [-0.1, -0.05) is 30.3 Å². The van der Waals surface area contributed by atoms with Crippen LogP contribution in [0.3, 0.4) is 0 Å². The number of rotatable bonds is 1. The standard InChI is InChI=1S/C16H19N3/c1-2-4-13(5-3-1)14-11-18-15-10-16(12-19(14)15)6-8-17-9-7-16/h1-5,11,17H,6-10,12H2. The summed E-state index contributed by atoms with van der Waals surface area (Å²) in [5.41, 5.74) is 3.04. The van der Waals surface area contributed by atoms with E-state index in [0.29, 0.717) is 5.41 Å². The summed E-state index contributed by atoms with van der Waals surface area (Å²) in [5.74, 6) is 1.28. The lowest BCUT2D eigenvalue weighted by atomic mass is 9.78. The minimum Gasteiger partial charge on any atom is -0.327 e. The first-order valence-electron chi connectivity index (χ1n) is 7.17. The maximum absolute atomic E-state index is 4.67. The number of piperidine rings is 1. The quantitative estimate of drug-likeness (QED) is 0.846. The monoisotopic (exact) mass is 253 g/mol. The summed E-state index contributed by atoms with van der Waals surface area (Å²) >= 11 is 0. The number of hydrogen-bond acceptors (Lipinski definition) is 2. The average Bonchev–Trinajstić information content (AvgIpc) is 2.98. The van der Waals surface area contributed by atoms with Gasteiger partial charge in [-0.05, 0) is 36.9 Å². The highest BCUT2D eigenvalue weighted by Gasteiger charge is 2.40. The van der Waals surface area contributed by atoms with Crippen LogP contribution in [-0.4, -0.2) is 22.6 Å². The van der Waals surface area contributed by atoms with Crippen molar-refractivity contribution >= 4 is 0 Å². The van der Waals surface area contributed by atoms with Crippen molar-refractivity contribution in [2.75, 3.05) is 13.1 Å². The number of nitrogens with one attached hydrogen (secondary N) is 1. The molecular weight excluding hydrogens is 234 g/mol. The van der Waals surface area contributed by atoms with Crippen molar-refractivity contribution in [3.63, 3.8) is 0 Å². The average molecular weight is 253 g/mol. The lowest BCUT2D eigenvalue weighted by Gasteiger charge is -2.33. The van der Waals surface area contributed by atoms with E-state index in [9.17, 15) is 0 Å². The van der Waals surface area contributed by atoms with E-state index in [-0.39, 0.29) is 0 Å². The normalized spacial score (nSPS) is 20.6. The van der Waals surface area contributed by atoms with Crippen LogP contribution in [0.2, 0.25) is 0 Å². The number of nitrogens with zero attached hydrogens (tertiary/aromatic N) is 2. The zero-order chi connectivity index (χ0) is 12.7. The second kappa shape index (κ2) is 4.20. The van der Waals surface area contributed by atoms with Gasteiger partial charge in [-0.15, -0.1) is 0 Å². The molecule has 4 rings (SSSR count). The number of aromatic nitrogens is 2. The Labute approximate surface area is 113 Å². The molecule has 0 radical (unpaired) electrons. The molecule has 2 aliphatic rings. The van der Waals surface area contributed by atoms with Crippen LogP contribution in [0.1, 0.15) is 18.7 Å². The van der Waals surface area contributed by atoms with E-state index in [1.165, 1.54) is 29.9 Å². The largest absolute Gasteiger partial charge is 0.327 e. The van der Waals surface area contributed by atoms with Crippen LogP contribution in [0.15, 0.2) is 36.5 Å². The minimum absolute atomic E-state index is 0.471. The van der Waals surface area contributed by atoms with Crippen molar-refractivity contribution in [3.05, 3.63) is 42.4 Å². The molecule has 0 bridgehead atoms. The third-order valence-corrected chi connectivity index (χ3v) is 4.70. The van der Waals surface area contributed by atoms with Crippen molar-refractivity contribution < 1.29 is 0 Å². The Morgan fingerprint density at radius 1 is 1.11 bits per heavy atom. The smallest absolute Gasteiger partial charge is 0.109 e. The molecule has 19 heavy (non-hydrogen) atoms. The second-order valence-corrected chi connectivity index (χ2v) is 5.94. The first kappa shape index (κ1) is 11.2. The maximum atomic E-state index is 4.67. The molecule has 3 heteroatoms. The zero-order valence-electron chi connectivity index (χ0n) is 11.1. The van der Waals surface area contributed by atoms with Crippen LogP contribution in [0.25, 0.3) is 11.3 Å². The Balaban J connectivity index is 1.70. The Morgan fingerprint density at radius 3 is 2.68 bits per heavy atom. The van der Waals surface area contributed by atoms with Crippen molar-refractivity contribution in [1.29, 1.82) is 0 Å². The molecule has 3 nitrogen and oxygen atoms in total. The van der Waals surface area contributed by atoms with E-state index in [1.807, 2.05) is 6.20 Å². The highest BCUT2D eigenvalue weighted by Crippen LogP contribution is 2.41. The van der Waals surface area contributed by atoms with Crippen LogP contribution in [0, 0.1) is 5.41 Å².